The first-order valence-corrected chi connectivity index (χ1v) is 9.16. The van der Waals surface area contributed by atoms with Crippen molar-refractivity contribution in [3.63, 3.8) is 0 Å². The highest BCUT2D eigenvalue weighted by Gasteiger charge is 2.38. The quantitative estimate of drug-likeness (QED) is 0.763. The number of sulfonamides is 1. The Morgan fingerprint density at radius 1 is 1.41 bits per heavy atom. The summed E-state index contributed by atoms with van der Waals surface area (Å²) in [6, 6.07) is 1.40. The minimum absolute atomic E-state index is 0.0722. The van der Waals surface area contributed by atoms with E-state index in [4.69, 9.17) is 11.6 Å². The number of thiophene rings is 1. The van der Waals surface area contributed by atoms with Crippen LogP contribution in [-0.4, -0.2) is 31.8 Å². The first-order valence-electron chi connectivity index (χ1n) is 6.48. The summed E-state index contributed by atoms with van der Waals surface area (Å²) in [5.41, 5.74) is 0. The minimum atomic E-state index is -4.44. The molecule has 1 heterocycles. The van der Waals surface area contributed by atoms with E-state index in [1.165, 1.54) is 26.0 Å². The third-order valence-electron chi connectivity index (χ3n) is 3.15. The second-order valence-electron chi connectivity index (χ2n) is 4.93. The molecular formula is C12H17ClF3NO3S2. The first-order chi connectivity index (χ1) is 9.96. The summed E-state index contributed by atoms with van der Waals surface area (Å²) < 4.78 is 64.5. The number of halogens is 4. The zero-order valence-corrected chi connectivity index (χ0v) is 14.3. The van der Waals surface area contributed by atoms with E-state index in [0.717, 1.165) is 11.3 Å². The lowest BCUT2D eigenvalue weighted by atomic mass is 9.90. The molecule has 0 amide bonds. The van der Waals surface area contributed by atoms with E-state index in [-0.39, 0.29) is 15.0 Å². The van der Waals surface area contributed by atoms with Crippen LogP contribution in [0.2, 0.25) is 4.34 Å². The zero-order chi connectivity index (χ0) is 17.1. The van der Waals surface area contributed by atoms with E-state index in [9.17, 15) is 26.7 Å². The van der Waals surface area contributed by atoms with Gasteiger partial charge in [0.25, 0.3) is 0 Å². The maximum Gasteiger partial charge on any atom is 0.389 e. The fraction of sp³-hybridized carbons (Fsp3) is 0.667. The fourth-order valence-electron chi connectivity index (χ4n) is 2.09. The van der Waals surface area contributed by atoms with Gasteiger partial charge in [0.2, 0.25) is 10.0 Å². The van der Waals surface area contributed by atoms with Crippen LogP contribution in [0.4, 0.5) is 13.2 Å². The van der Waals surface area contributed by atoms with Gasteiger partial charge < -0.3 is 5.11 Å². The predicted molar refractivity (Wildman–Crippen MR) is 79.6 cm³/mol. The summed E-state index contributed by atoms with van der Waals surface area (Å²) in [4.78, 5) is 0. The lowest BCUT2D eigenvalue weighted by Gasteiger charge is -2.29. The van der Waals surface area contributed by atoms with E-state index >= 15 is 0 Å². The van der Waals surface area contributed by atoms with E-state index in [2.05, 4.69) is 4.72 Å². The van der Waals surface area contributed by atoms with Crippen molar-refractivity contribution in [3.8, 4) is 0 Å². The number of aliphatic hydroxyl groups excluding tert-OH is 1. The van der Waals surface area contributed by atoms with Crippen LogP contribution in [0, 0.1) is 5.92 Å². The van der Waals surface area contributed by atoms with E-state index in [1.807, 2.05) is 0 Å². The van der Waals surface area contributed by atoms with Crippen molar-refractivity contribution in [2.45, 2.75) is 49.2 Å². The number of alkyl halides is 3. The molecule has 1 rings (SSSR count). The number of rotatable bonds is 7. The molecular weight excluding hydrogens is 363 g/mol. The molecule has 22 heavy (non-hydrogen) atoms. The van der Waals surface area contributed by atoms with Crippen LogP contribution in [0.15, 0.2) is 16.3 Å². The Morgan fingerprint density at radius 2 is 2.00 bits per heavy atom. The largest absolute Gasteiger partial charge is 0.392 e. The number of hydrogen-bond donors (Lipinski definition) is 2. The van der Waals surface area contributed by atoms with Gasteiger partial charge in [-0.05, 0) is 25.0 Å². The van der Waals surface area contributed by atoms with Gasteiger partial charge in [-0.25, -0.2) is 13.1 Å². The van der Waals surface area contributed by atoms with Crippen molar-refractivity contribution in [2.24, 2.45) is 5.92 Å². The molecule has 10 heteroatoms. The Morgan fingerprint density at radius 3 is 2.36 bits per heavy atom. The second-order valence-corrected chi connectivity index (χ2v) is 8.59. The van der Waals surface area contributed by atoms with Crippen LogP contribution in [0.3, 0.4) is 0 Å². The zero-order valence-electron chi connectivity index (χ0n) is 11.9. The standard InChI is InChI=1S/C12H17ClF3NO3S2/c1-3-8(6-12(14,15)16)11(7(2)18)17-22(19,20)10-5-4-9(13)21-10/h4-5,7-8,11,17-18H,3,6H2,1-2H3/t7?,8-,11+/m0/s1. The Hall–Kier alpha value is -0.350. The first kappa shape index (κ1) is 19.7. The highest BCUT2D eigenvalue weighted by molar-refractivity contribution is 7.91. The van der Waals surface area contributed by atoms with E-state index in [1.54, 1.807) is 0 Å². The molecule has 0 aromatic carbocycles. The van der Waals surface area contributed by atoms with Crippen LogP contribution in [0.5, 0.6) is 0 Å². The van der Waals surface area contributed by atoms with Crippen molar-refractivity contribution >= 4 is 33.0 Å². The number of aliphatic hydroxyl groups is 1. The topological polar surface area (TPSA) is 66.4 Å². The molecule has 1 unspecified atom stereocenters. The molecule has 0 radical (unpaired) electrons. The van der Waals surface area contributed by atoms with Crippen molar-refractivity contribution < 1.29 is 26.7 Å². The monoisotopic (exact) mass is 379 g/mol. The molecule has 0 aliphatic heterocycles. The summed E-state index contributed by atoms with van der Waals surface area (Å²) in [7, 11) is -4.04. The predicted octanol–water partition coefficient (Wildman–Crippen LogP) is 3.41. The highest BCUT2D eigenvalue weighted by Crippen LogP contribution is 2.31. The Labute approximate surface area is 136 Å². The molecule has 128 valence electrons. The third-order valence-corrected chi connectivity index (χ3v) is 6.33. The van der Waals surface area contributed by atoms with Crippen molar-refractivity contribution in [1.82, 2.24) is 4.72 Å². The average molecular weight is 380 g/mol. The SMILES string of the molecule is CC[C@@H](CC(F)(F)F)[C@H](NS(=O)(=O)c1ccc(Cl)s1)C(C)O. The molecule has 0 saturated heterocycles. The third kappa shape index (κ3) is 5.69. The van der Waals surface area contributed by atoms with Crippen molar-refractivity contribution in [3.05, 3.63) is 16.5 Å². The number of nitrogens with one attached hydrogen (secondary N) is 1. The van der Waals surface area contributed by atoms with Gasteiger partial charge in [-0.1, -0.05) is 24.9 Å². The van der Waals surface area contributed by atoms with Crippen LogP contribution in [-0.2, 0) is 10.0 Å². The van der Waals surface area contributed by atoms with Gasteiger partial charge in [0, 0.05) is 6.42 Å². The van der Waals surface area contributed by atoms with Crippen LogP contribution < -0.4 is 4.72 Å². The van der Waals surface area contributed by atoms with Crippen LogP contribution in [0.25, 0.3) is 0 Å². The van der Waals surface area contributed by atoms with E-state index in [0.29, 0.717) is 0 Å². The fourth-order valence-corrected chi connectivity index (χ4v) is 4.97. The lowest BCUT2D eigenvalue weighted by molar-refractivity contribution is -0.148. The van der Waals surface area contributed by atoms with Gasteiger partial charge in [0.1, 0.15) is 4.21 Å². The van der Waals surface area contributed by atoms with Crippen LogP contribution >= 0.6 is 22.9 Å². The molecule has 0 fully saturated rings. The van der Waals surface area contributed by atoms with Gasteiger partial charge in [-0.2, -0.15) is 13.2 Å². The smallest absolute Gasteiger partial charge is 0.389 e. The summed E-state index contributed by atoms with van der Waals surface area (Å²) >= 11 is 6.46. The van der Waals surface area contributed by atoms with Crippen molar-refractivity contribution in [1.29, 1.82) is 0 Å². The molecule has 4 nitrogen and oxygen atoms in total. The molecule has 0 spiro atoms. The Kier molecular flexibility index (Phi) is 6.70. The van der Waals surface area contributed by atoms with Gasteiger partial charge in [0.15, 0.2) is 0 Å². The molecule has 3 atom stereocenters. The summed E-state index contributed by atoms with van der Waals surface area (Å²) in [5.74, 6) is -1.06. The maximum absolute atomic E-state index is 12.6. The van der Waals surface area contributed by atoms with Crippen molar-refractivity contribution in [2.75, 3.05) is 0 Å². The summed E-state index contributed by atoms with van der Waals surface area (Å²) in [6.45, 7) is 2.77. The van der Waals surface area contributed by atoms with Crippen LogP contribution in [0.1, 0.15) is 26.7 Å². The van der Waals surface area contributed by atoms with Gasteiger partial charge in [-0.3, -0.25) is 0 Å². The molecule has 0 aliphatic carbocycles. The normalized spacial score (nSPS) is 17.2. The summed E-state index contributed by atoms with van der Waals surface area (Å²) in [5, 5.41) is 9.71. The van der Waals surface area contributed by atoms with Gasteiger partial charge in [0.05, 0.1) is 16.5 Å². The summed E-state index contributed by atoms with van der Waals surface area (Å²) in [6.07, 6.45) is -6.81. The molecule has 0 saturated carbocycles. The lowest BCUT2D eigenvalue weighted by Crippen LogP contribution is -2.47. The molecule has 1 aromatic heterocycles. The molecule has 0 aliphatic rings. The molecule has 1 aromatic rings. The Balaban J connectivity index is 3.01. The Bertz CT molecular complexity index is 587. The minimum Gasteiger partial charge on any atom is -0.392 e. The van der Waals surface area contributed by atoms with E-state index < -0.39 is 40.7 Å². The molecule has 2 N–H and O–H groups in total. The second kappa shape index (κ2) is 7.48. The van der Waals surface area contributed by atoms with Gasteiger partial charge in [-0.15, -0.1) is 11.3 Å². The number of hydrogen-bond acceptors (Lipinski definition) is 4. The highest BCUT2D eigenvalue weighted by atomic mass is 35.5. The maximum atomic E-state index is 12.6. The molecule has 0 bridgehead atoms. The van der Waals surface area contributed by atoms with Gasteiger partial charge >= 0.3 is 6.18 Å². The average Bonchev–Trinajstić information content (AvgIpc) is 2.79.